The van der Waals surface area contributed by atoms with Gasteiger partial charge >= 0.3 is 5.97 Å². The van der Waals surface area contributed by atoms with Gasteiger partial charge < -0.3 is 19.9 Å². The molecule has 4 atom stereocenters. The Kier molecular flexibility index (Phi) is 20.5. The molecule has 9 nitrogen and oxygen atoms in total. The Morgan fingerprint density at radius 2 is 1.85 bits per heavy atom. The van der Waals surface area contributed by atoms with Crippen LogP contribution in [0.2, 0.25) is 12.6 Å². The molecule has 0 aromatic heterocycles. The van der Waals surface area contributed by atoms with Crippen LogP contribution >= 0.6 is 0 Å². The molecule has 0 saturated heterocycles. The second kappa shape index (κ2) is 24.1. The molecule has 1 aliphatic rings. The number of carbonyl (C=O) groups excluding carboxylic acids is 2. The first-order chi connectivity index (χ1) is 22.3. The molecule has 1 aromatic carbocycles. The van der Waals surface area contributed by atoms with Crippen LogP contribution in [-0.2, 0) is 25.6 Å². The van der Waals surface area contributed by atoms with Gasteiger partial charge in [0.15, 0.2) is 0 Å². The maximum atomic E-state index is 12.8. The molecule has 0 radical (unpaired) electrons. The number of nitrogens with zero attached hydrogens (tertiary/aromatic N) is 1. The fraction of sp³-hybridized carbons (Fsp3) is 0.667. The highest BCUT2D eigenvalue weighted by Crippen LogP contribution is 2.43. The van der Waals surface area contributed by atoms with Crippen molar-refractivity contribution < 1.29 is 29.3 Å². The van der Waals surface area contributed by atoms with E-state index in [-0.39, 0.29) is 43.8 Å². The topological polar surface area (TPSA) is 128 Å². The van der Waals surface area contributed by atoms with Gasteiger partial charge in [-0.05, 0) is 100 Å². The van der Waals surface area contributed by atoms with E-state index in [1.165, 1.54) is 5.56 Å². The SMILES string of the molecule is CCCCB(O)C[C@@H]1CC[C@H](C/C=C\CCCC(=O)NCC)C1/C=C/C(CCc1ccccc1)OC(=O)CCCCCO[N+](=O)[O-]. The van der Waals surface area contributed by atoms with Crippen LogP contribution in [-0.4, -0.2) is 48.2 Å². The van der Waals surface area contributed by atoms with Crippen LogP contribution in [0.25, 0.3) is 0 Å². The zero-order valence-corrected chi connectivity index (χ0v) is 28.2. The van der Waals surface area contributed by atoms with Crippen LogP contribution < -0.4 is 5.32 Å². The fourth-order valence-electron chi connectivity index (χ4n) is 6.34. The van der Waals surface area contributed by atoms with Crippen LogP contribution in [0.4, 0.5) is 0 Å². The van der Waals surface area contributed by atoms with E-state index in [1.54, 1.807) is 0 Å². The molecular formula is C36H57BN2O7. The van der Waals surface area contributed by atoms with Gasteiger partial charge in [-0.15, -0.1) is 10.1 Å². The number of hydrogen-bond donors (Lipinski definition) is 2. The number of rotatable bonds is 25. The molecule has 1 aliphatic carbocycles. The van der Waals surface area contributed by atoms with Gasteiger partial charge in [0.1, 0.15) is 6.10 Å². The van der Waals surface area contributed by atoms with Gasteiger partial charge in [0, 0.05) is 19.4 Å². The summed E-state index contributed by atoms with van der Waals surface area (Å²) in [5.41, 5.74) is 1.19. The molecule has 10 heteroatoms. The lowest BCUT2D eigenvalue weighted by atomic mass is 9.56. The third kappa shape index (κ3) is 17.5. The van der Waals surface area contributed by atoms with Crippen molar-refractivity contribution in [3.63, 3.8) is 0 Å². The van der Waals surface area contributed by atoms with E-state index in [0.29, 0.717) is 50.5 Å². The summed E-state index contributed by atoms with van der Waals surface area (Å²) in [4.78, 5) is 39.2. The highest BCUT2D eigenvalue weighted by atomic mass is 16.9. The van der Waals surface area contributed by atoms with Gasteiger partial charge in [-0.25, -0.2) is 0 Å². The van der Waals surface area contributed by atoms with Crippen LogP contribution in [0.5, 0.6) is 0 Å². The summed E-state index contributed by atoms with van der Waals surface area (Å²) in [5, 5.41) is 23.2. The van der Waals surface area contributed by atoms with E-state index < -0.39 is 5.09 Å². The second-order valence-electron chi connectivity index (χ2n) is 12.6. The van der Waals surface area contributed by atoms with Crippen LogP contribution in [0, 0.1) is 27.9 Å². The minimum absolute atomic E-state index is 0.0344. The molecule has 2 rings (SSSR count). The molecule has 0 aliphatic heterocycles. The zero-order chi connectivity index (χ0) is 33.4. The van der Waals surface area contributed by atoms with E-state index in [0.717, 1.165) is 64.0 Å². The molecule has 2 N–H and O–H groups in total. The Hall–Kier alpha value is -3.14. The summed E-state index contributed by atoms with van der Waals surface area (Å²) >= 11 is 0. The van der Waals surface area contributed by atoms with E-state index in [9.17, 15) is 24.7 Å². The van der Waals surface area contributed by atoms with Gasteiger partial charge in [-0.2, -0.15) is 0 Å². The molecule has 1 fully saturated rings. The first-order valence-electron chi connectivity index (χ1n) is 17.6. The minimum atomic E-state index is -0.795. The number of amides is 1. The minimum Gasteiger partial charge on any atom is -0.458 e. The molecule has 46 heavy (non-hydrogen) atoms. The normalized spacial score (nSPS) is 18.5. The Balaban J connectivity index is 2.06. The van der Waals surface area contributed by atoms with Gasteiger partial charge in [0.25, 0.3) is 12.0 Å². The molecule has 0 heterocycles. The monoisotopic (exact) mass is 640 g/mol. The first kappa shape index (κ1) is 39.0. The zero-order valence-electron chi connectivity index (χ0n) is 28.2. The van der Waals surface area contributed by atoms with E-state index in [2.05, 4.69) is 53.5 Å². The standard InChI is InChI=1S/C36H57BN2O7/c1-3-5-27-37(42)29-32-23-22-31(18-12-6-7-13-19-35(40)38-4-2)34(32)26-25-33(24-21-30-16-10-8-11-17-30)46-36(41)20-14-9-15-28-45-39(43)44/h6,8,10-12,16-17,25-26,31-34,42H,3-5,7,9,13-15,18-24,27-29H2,1-2H3,(H,38,40)/b12-6-,26-25+/t31-,32-,33?,34?/m0/s1. The summed E-state index contributed by atoms with van der Waals surface area (Å²) in [7, 11) is 0. The number of carbonyl (C=O) groups is 2. The number of esters is 1. The summed E-state index contributed by atoms with van der Waals surface area (Å²) in [6.07, 6.45) is 21.0. The van der Waals surface area contributed by atoms with E-state index in [4.69, 9.17) is 4.74 Å². The fourth-order valence-corrected chi connectivity index (χ4v) is 6.34. The van der Waals surface area contributed by atoms with Crippen LogP contribution in [0.3, 0.4) is 0 Å². The van der Waals surface area contributed by atoms with Crippen molar-refractivity contribution in [2.45, 2.75) is 122 Å². The highest BCUT2D eigenvalue weighted by Gasteiger charge is 2.35. The first-order valence-corrected chi connectivity index (χ1v) is 17.6. The van der Waals surface area contributed by atoms with Gasteiger partial charge in [0.05, 0.1) is 6.61 Å². The van der Waals surface area contributed by atoms with Gasteiger partial charge in [0.2, 0.25) is 5.91 Å². The number of hydrogen-bond acceptors (Lipinski definition) is 7. The molecule has 1 amide bonds. The predicted octanol–water partition coefficient (Wildman–Crippen LogP) is 7.53. The molecule has 1 saturated carbocycles. The molecule has 0 spiro atoms. The summed E-state index contributed by atoms with van der Waals surface area (Å²) in [5.74, 6) is 0.960. The lowest BCUT2D eigenvalue weighted by Gasteiger charge is -2.23. The lowest BCUT2D eigenvalue weighted by molar-refractivity contribution is -0.757. The molecule has 2 unspecified atom stereocenters. The molecule has 256 valence electrons. The molecule has 0 bridgehead atoms. The van der Waals surface area contributed by atoms with Crippen molar-refractivity contribution >= 4 is 18.8 Å². The number of allylic oxidation sites excluding steroid dienone is 3. The lowest BCUT2D eigenvalue weighted by Crippen LogP contribution is -2.22. The number of ether oxygens (including phenoxy) is 1. The highest BCUT2D eigenvalue weighted by molar-refractivity contribution is 6.50. The Bertz CT molecular complexity index is 1050. The molecule has 1 aromatic rings. The number of aryl methyl sites for hydroxylation is 1. The third-order valence-electron chi connectivity index (χ3n) is 8.83. The third-order valence-corrected chi connectivity index (χ3v) is 8.83. The van der Waals surface area contributed by atoms with Crippen molar-refractivity contribution in [1.82, 2.24) is 5.32 Å². The van der Waals surface area contributed by atoms with Gasteiger partial charge in [-0.1, -0.05) is 81.2 Å². The maximum absolute atomic E-state index is 12.8. The van der Waals surface area contributed by atoms with Gasteiger partial charge in [-0.3, -0.25) is 9.59 Å². The van der Waals surface area contributed by atoms with Crippen LogP contribution in [0.15, 0.2) is 54.6 Å². The summed E-state index contributed by atoms with van der Waals surface area (Å²) in [6.45, 7) is 4.47. The smallest absolute Gasteiger partial charge is 0.306 e. The van der Waals surface area contributed by atoms with E-state index in [1.807, 2.05) is 25.1 Å². The van der Waals surface area contributed by atoms with Crippen molar-refractivity contribution in [2.75, 3.05) is 13.2 Å². The van der Waals surface area contributed by atoms with E-state index >= 15 is 0 Å². The average Bonchev–Trinajstić information content (AvgIpc) is 3.41. The summed E-state index contributed by atoms with van der Waals surface area (Å²) in [6, 6.07) is 10.2. The summed E-state index contributed by atoms with van der Waals surface area (Å²) < 4.78 is 5.98. The Morgan fingerprint density at radius 3 is 2.59 bits per heavy atom. The van der Waals surface area contributed by atoms with Crippen LogP contribution in [0.1, 0.15) is 103 Å². The number of unbranched alkanes of at least 4 members (excludes halogenated alkanes) is 4. The largest absolute Gasteiger partial charge is 0.458 e. The average molecular weight is 641 g/mol. The Labute approximate surface area is 276 Å². The van der Waals surface area contributed by atoms with Crippen molar-refractivity contribution in [2.24, 2.45) is 17.8 Å². The van der Waals surface area contributed by atoms with Crippen molar-refractivity contribution in [3.05, 3.63) is 70.3 Å². The predicted molar refractivity (Wildman–Crippen MR) is 184 cm³/mol. The quantitative estimate of drug-likeness (QED) is 0.0282. The second-order valence-corrected chi connectivity index (χ2v) is 12.6. The number of nitrogens with one attached hydrogen (secondary N) is 1. The van der Waals surface area contributed by atoms with Crippen molar-refractivity contribution in [3.8, 4) is 0 Å². The van der Waals surface area contributed by atoms with Crippen molar-refractivity contribution in [1.29, 1.82) is 0 Å². The number of benzene rings is 1. The Morgan fingerprint density at radius 1 is 1.07 bits per heavy atom. The molecular weight excluding hydrogens is 583 g/mol. The maximum Gasteiger partial charge on any atom is 0.306 e.